The van der Waals surface area contributed by atoms with Gasteiger partial charge in [0.25, 0.3) is 0 Å². The summed E-state index contributed by atoms with van der Waals surface area (Å²) < 4.78 is 0. The highest BCUT2D eigenvalue weighted by molar-refractivity contribution is 5.94. The summed E-state index contributed by atoms with van der Waals surface area (Å²) in [5.74, 6) is 0.682. The van der Waals surface area contributed by atoms with E-state index < -0.39 is 5.92 Å². The van der Waals surface area contributed by atoms with Crippen LogP contribution in [-0.4, -0.2) is 25.3 Å². The monoisotopic (exact) mass is 426 g/mol. The zero-order valence-electron chi connectivity index (χ0n) is 20.2. The van der Waals surface area contributed by atoms with Gasteiger partial charge in [0.1, 0.15) is 0 Å². The van der Waals surface area contributed by atoms with E-state index in [1.807, 2.05) is 38.2 Å². The number of hydrogen-bond acceptors (Lipinski definition) is 3. The Hall–Kier alpha value is -2.36. The molecule has 0 bridgehead atoms. The number of nitrogens with one attached hydrogen (secondary N) is 2. The van der Waals surface area contributed by atoms with Gasteiger partial charge in [0.15, 0.2) is 5.78 Å². The van der Waals surface area contributed by atoms with Crippen LogP contribution in [0, 0.1) is 17.8 Å². The van der Waals surface area contributed by atoms with Crippen LogP contribution in [0.15, 0.2) is 43.0 Å². The fraction of sp³-hybridized carbons (Fsp3) is 0.556. The van der Waals surface area contributed by atoms with Crippen molar-refractivity contribution in [2.75, 3.05) is 18.9 Å². The molecule has 2 N–H and O–H groups in total. The minimum Gasteiger partial charge on any atom is -0.388 e. The van der Waals surface area contributed by atoms with E-state index in [-0.39, 0.29) is 18.1 Å². The highest BCUT2D eigenvalue weighted by Crippen LogP contribution is 2.29. The van der Waals surface area contributed by atoms with Crippen molar-refractivity contribution in [3.05, 3.63) is 48.6 Å². The van der Waals surface area contributed by atoms with Gasteiger partial charge in [-0.3, -0.25) is 9.59 Å². The largest absolute Gasteiger partial charge is 0.388 e. The van der Waals surface area contributed by atoms with Crippen LogP contribution in [0.4, 0.5) is 5.69 Å². The average molecular weight is 427 g/mol. The van der Waals surface area contributed by atoms with Gasteiger partial charge in [-0.1, -0.05) is 70.9 Å². The first-order chi connectivity index (χ1) is 14.9. The lowest BCUT2D eigenvalue weighted by Gasteiger charge is -2.22. The van der Waals surface area contributed by atoms with Crippen molar-refractivity contribution in [1.82, 2.24) is 5.32 Å². The number of allylic oxidation sites excluding steroid dienone is 3. The number of amides is 1. The standard InChI is InChI=1S/C27H42N2O2/c1-7-12-24(30)18-23(17-21(5)25-13-10-11-14-26(25)28-6)27(31)29-19-22(9-3)16-15-20(4)8-2/h7,10-14,20,22-23,28H,5,8-9,15-19H2,1-4,6H3,(H,29,31)/b12-7+. The van der Waals surface area contributed by atoms with E-state index in [0.29, 0.717) is 24.8 Å². The molecule has 0 saturated carbocycles. The predicted octanol–water partition coefficient (Wildman–Crippen LogP) is 6.25. The van der Waals surface area contributed by atoms with Crippen LogP contribution in [0.5, 0.6) is 0 Å². The predicted molar refractivity (Wildman–Crippen MR) is 133 cm³/mol. The summed E-state index contributed by atoms with van der Waals surface area (Å²) in [5.41, 5.74) is 2.82. The Morgan fingerprint density at radius 2 is 1.81 bits per heavy atom. The molecule has 4 nitrogen and oxygen atoms in total. The van der Waals surface area contributed by atoms with Gasteiger partial charge in [-0.15, -0.1) is 0 Å². The van der Waals surface area contributed by atoms with Crippen molar-refractivity contribution < 1.29 is 9.59 Å². The van der Waals surface area contributed by atoms with E-state index in [4.69, 9.17) is 0 Å². The smallest absolute Gasteiger partial charge is 0.223 e. The van der Waals surface area contributed by atoms with Crippen molar-refractivity contribution in [2.45, 2.75) is 66.2 Å². The second kappa shape index (κ2) is 14.6. The third-order valence-corrected chi connectivity index (χ3v) is 6.15. The van der Waals surface area contributed by atoms with E-state index in [1.165, 1.54) is 12.8 Å². The van der Waals surface area contributed by atoms with E-state index in [1.54, 1.807) is 12.2 Å². The van der Waals surface area contributed by atoms with E-state index in [0.717, 1.165) is 29.7 Å². The summed E-state index contributed by atoms with van der Waals surface area (Å²) in [6.45, 7) is 13.4. The summed E-state index contributed by atoms with van der Waals surface area (Å²) in [6, 6.07) is 7.92. The van der Waals surface area contributed by atoms with Crippen LogP contribution < -0.4 is 10.6 Å². The van der Waals surface area contributed by atoms with Gasteiger partial charge < -0.3 is 10.6 Å². The number of ketones is 1. The zero-order valence-corrected chi connectivity index (χ0v) is 20.2. The summed E-state index contributed by atoms with van der Waals surface area (Å²) in [7, 11) is 1.87. The van der Waals surface area contributed by atoms with Crippen LogP contribution in [0.2, 0.25) is 0 Å². The van der Waals surface area contributed by atoms with Crippen molar-refractivity contribution in [1.29, 1.82) is 0 Å². The molecule has 0 aliphatic heterocycles. The summed E-state index contributed by atoms with van der Waals surface area (Å²) in [5, 5.41) is 6.31. The van der Waals surface area contributed by atoms with Gasteiger partial charge in [0, 0.05) is 37.2 Å². The van der Waals surface area contributed by atoms with E-state index in [2.05, 4.69) is 38.0 Å². The molecule has 0 aromatic heterocycles. The first-order valence-corrected chi connectivity index (χ1v) is 11.7. The van der Waals surface area contributed by atoms with Gasteiger partial charge in [-0.25, -0.2) is 0 Å². The van der Waals surface area contributed by atoms with Gasteiger partial charge >= 0.3 is 0 Å². The highest BCUT2D eigenvalue weighted by Gasteiger charge is 2.23. The van der Waals surface area contributed by atoms with Gasteiger partial charge in [-0.2, -0.15) is 0 Å². The number of carbonyl (C=O) groups excluding carboxylic acids is 2. The maximum Gasteiger partial charge on any atom is 0.223 e. The van der Waals surface area contributed by atoms with Gasteiger partial charge in [0.2, 0.25) is 5.91 Å². The van der Waals surface area contributed by atoms with Crippen molar-refractivity contribution >= 4 is 23.0 Å². The highest BCUT2D eigenvalue weighted by atomic mass is 16.2. The van der Waals surface area contributed by atoms with Gasteiger partial charge in [-0.05, 0) is 49.3 Å². The SMILES string of the molecule is C=C(CC(CC(=O)/C=C/C)C(=O)NCC(CC)CCC(C)CC)c1ccccc1NC. The fourth-order valence-electron chi connectivity index (χ4n) is 3.74. The molecule has 0 spiro atoms. The molecule has 1 aromatic rings. The fourth-order valence-corrected chi connectivity index (χ4v) is 3.74. The second-order valence-electron chi connectivity index (χ2n) is 8.58. The second-order valence-corrected chi connectivity index (χ2v) is 8.58. The van der Waals surface area contributed by atoms with Crippen molar-refractivity contribution in [3.63, 3.8) is 0 Å². The Kier molecular flexibility index (Phi) is 12.6. The van der Waals surface area contributed by atoms with Crippen LogP contribution in [0.1, 0.15) is 71.8 Å². The lowest BCUT2D eigenvalue weighted by atomic mass is 9.89. The number of benzene rings is 1. The molecule has 0 saturated heterocycles. The summed E-state index contributed by atoms with van der Waals surface area (Å²) in [4.78, 5) is 25.4. The lowest BCUT2D eigenvalue weighted by molar-refractivity contribution is -0.128. The quantitative estimate of drug-likeness (QED) is 0.326. The summed E-state index contributed by atoms with van der Waals surface area (Å²) in [6.07, 6.45) is 8.46. The molecule has 3 atom stereocenters. The molecule has 1 rings (SSSR count). The molecule has 31 heavy (non-hydrogen) atoms. The molecular formula is C27H42N2O2. The Morgan fingerprint density at radius 1 is 1.10 bits per heavy atom. The molecule has 4 heteroatoms. The first kappa shape index (κ1) is 26.7. The number of carbonyl (C=O) groups is 2. The average Bonchev–Trinajstić information content (AvgIpc) is 2.78. The molecule has 1 amide bonds. The molecule has 0 radical (unpaired) electrons. The number of hydrogen-bond donors (Lipinski definition) is 2. The van der Waals surface area contributed by atoms with E-state index >= 15 is 0 Å². The van der Waals surface area contributed by atoms with E-state index in [9.17, 15) is 9.59 Å². The molecule has 0 aliphatic rings. The maximum absolute atomic E-state index is 13.1. The minimum atomic E-state index is -0.423. The lowest BCUT2D eigenvalue weighted by Crippen LogP contribution is -2.35. The molecule has 0 heterocycles. The normalized spacial score (nSPS) is 14.1. The molecule has 0 fully saturated rings. The van der Waals surface area contributed by atoms with Crippen LogP contribution in [0.3, 0.4) is 0 Å². The van der Waals surface area contributed by atoms with Crippen LogP contribution in [0.25, 0.3) is 5.57 Å². The molecule has 172 valence electrons. The Morgan fingerprint density at radius 3 is 2.42 bits per heavy atom. The third-order valence-electron chi connectivity index (χ3n) is 6.15. The number of para-hydroxylation sites is 1. The Labute approximate surface area is 189 Å². The summed E-state index contributed by atoms with van der Waals surface area (Å²) >= 11 is 0. The molecular weight excluding hydrogens is 384 g/mol. The maximum atomic E-state index is 13.1. The van der Waals surface area contributed by atoms with Crippen LogP contribution in [-0.2, 0) is 9.59 Å². The molecule has 1 aromatic carbocycles. The zero-order chi connectivity index (χ0) is 23.2. The molecule has 0 aliphatic carbocycles. The topological polar surface area (TPSA) is 58.2 Å². The number of rotatable bonds is 15. The minimum absolute atomic E-state index is 0.0267. The third kappa shape index (κ3) is 9.54. The van der Waals surface area contributed by atoms with Crippen molar-refractivity contribution in [2.24, 2.45) is 17.8 Å². The van der Waals surface area contributed by atoms with Gasteiger partial charge in [0.05, 0.1) is 0 Å². The Balaban J connectivity index is 2.85. The van der Waals surface area contributed by atoms with Crippen molar-refractivity contribution in [3.8, 4) is 0 Å². The van der Waals surface area contributed by atoms with Crippen LogP contribution >= 0.6 is 0 Å². The Bertz CT molecular complexity index is 739. The first-order valence-electron chi connectivity index (χ1n) is 11.7. The molecule has 3 unspecified atom stereocenters. The number of anilines is 1.